The van der Waals surface area contributed by atoms with Gasteiger partial charge in [-0.25, -0.2) is 10.4 Å². The molecule has 1 aliphatic rings. The zero-order chi connectivity index (χ0) is 21.1. The van der Waals surface area contributed by atoms with Crippen LogP contribution in [-0.2, 0) is 24.2 Å². The van der Waals surface area contributed by atoms with Gasteiger partial charge in [0.15, 0.2) is 0 Å². The molecular formula is C22H24N4O3S. The number of nitrogens with zero attached hydrogens (tertiary/aromatic N) is 3. The van der Waals surface area contributed by atoms with Crippen molar-refractivity contribution in [2.24, 2.45) is 11.0 Å². The molecule has 0 saturated heterocycles. The van der Waals surface area contributed by atoms with Crippen LogP contribution in [0.3, 0.4) is 0 Å². The molecule has 1 N–H and O–H groups in total. The summed E-state index contributed by atoms with van der Waals surface area (Å²) in [6.07, 6.45) is 5.94. The fraction of sp³-hybridized carbons (Fsp3) is 0.364. The second kappa shape index (κ2) is 8.79. The van der Waals surface area contributed by atoms with E-state index in [0.29, 0.717) is 23.7 Å². The molecule has 1 unspecified atom stereocenters. The van der Waals surface area contributed by atoms with E-state index in [2.05, 4.69) is 22.4 Å². The van der Waals surface area contributed by atoms with Crippen molar-refractivity contribution < 1.29 is 9.53 Å². The van der Waals surface area contributed by atoms with Gasteiger partial charge in [-0.15, -0.1) is 11.3 Å². The first-order chi connectivity index (χ1) is 14.6. The van der Waals surface area contributed by atoms with Crippen LogP contribution in [0.4, 0.5) is 0 Å². The van der Waals surface area contributed by atoms with E-state index >= 15 is 0 Å². The molecule has 7 nitrogen and oxygen atoms in total. The number of hydrogen-bond acceptors (Lipinski definition) is 6. The Labute approximate surface area is 178 Å². The molecule has 1 atom stereocenters. The minimum absolute atomic E-state index is 0.132. The lowest BCUT2D eigenvalue weighted by atomic mass is 9.89. The van der Waals surface area contributed by atoms with Gasteiger partial charge in [0.2, 0.25) is 0 Å². The maximum atomic E-state index is 13.0. The van der Waals surface area contributed by atoms with Crippen molar-refractivity contribution in [1.29, 1.82) is 0 Å². The van der Waals surface area contributed by atoms with Gasteiger partial charge in [0.25, 0.3) is 11.5 Å². The molecule has 1 aromatic carbocycles. The normalized spacial score (nSPS) is 16.0. The van der Waals surface area contributed by atoms with E-state index in [9.17, 15) is 9.59 Å². The van der Waals surface area contributed by atoms with E-state index in [4.69, 9.17) is 4.74 Å². The number of amides is 1. The lowest BCUT2D eigenvalue weighted by Gasteiger charge is -2.17. The number of rotatable bonds is 6. The molecule has 0 bridgehead atoms. The first-order valence-corrected chi connectivity index (χ1v) is 10.9. The summed E-state index contributed by atoms with van der Waals surface area (Å²) in [4.78, 5) is 31.8. The third-order valence-electron chi connectivity index (χ3n) is 5.21. The number of carbonyl (C=O) groups excluding carboxylic acids is 1. The summed E-state index contributed by atoms with van der Waals surface area (Å²) >= 11 is 1.60. The highest BCUT2D eigenvalue weighted by atomic mass is 32.1. The fourth-order valence-corrected chi connectivity index (χ4v) is 5.06. The topological polar surface area (TPSA) is 85.6 Å². The molecule has 4 rings (SSSR count). The van der Waals surface area contributed by atoms with Gasteiger partial charge in [0.1, 0.15) is 17.1 Å². The van der Waals surface area contributed by atoms with Gasteiger partial charge in [-0.2, -0.15) is 5.10 Å². The van der Waals surface area contributed by atoms with Gasteiger partial charge in [-0.3, -0.25) is 14.2 Å². The lowest BCUT2D eigenvalue weighted by molar-refractivity contribution is -0.121. The number of hydrazone groups is 1. The van der Waals surface area contributed by atoms with Crippen LogP contribution in [0.5, 0.6) is 5.75 Å². The van der Waals surface area contributed by atoms with Crippen LogP contribution in [0.1, 0.15) is 36.3 Å². The highest BCUT2D eigenvalue weighted by Gasteiger charge is 2.23. The summed E-state index contributed by atoms with van der Waals surface area (Å²) in [5, 5.41) is 4.68. The number of hydrogen-bond donors (Lipinski definition) is 1. The Morgan fingerprint density at radius 3 is 3.10 bits per heavy atom. The molecule has 30 heavy (non-hydrogen) atoms. The van der Waals surface area contributed by atoms with E-state index in [0.717, 1.165) is 35.2 Å². The van der Waals surface area contributed by atoms with E-state index in [-0.39, 0.29) is 18.0 Å². The fourth-order valence-electron chi connectivity index (χ4n) is 3.72. The number of fused-ring (bicyclic) bond motifs is 3. The van der Waals surface area contributed by atoms with Crippen LogP contribution in [0.2, 0.25) is 0 Å². The Hall–Kier alpha value is -3.00. The molecule has 2 aromatic heterocycles. The minimum Gasteiger partial charge on any atom is -0.493 e. The third kappa shape index (κ3) is 4.14. The molecule has 0 spiro atoms. The quantitative estimate of drug-likeness (QED) is 0.487. The summed E-state index contributed by atoms with van der Waals surface area (Å²) in [5.74, 6) is 0.936. The van der Waals surface area contributed by atoms with Crippen molar-refractivity contribution in [2.45, 2.75) is 39.7 Å². The molecule has 0 saturated carbocycles. The van der Waals surface area contributed by atoms with Crippen LogP contribution < -0.4 is 15.7 Å². The average Bonchev–Trinajstić information content (AvgIpc) is 3.10. The number of benzene rings is 1. The lowest BCUT2D eigenvalue weighted by Crippen LogP contribution is -2.30. The summed E-state index contributed by atoms with van der Waals surface area (Å²) in [6.45, 7) is 4.55. The maximum absolute atomic E-state index is 13.0. The predicted molar refractivity (Wildman–Crippen MR) is 118 cm³/mol. The zero-order valence-electron chi connectivity index (χ0n) is 17.1. The first-order valence-electron chi connectivity index (χ1n) is 10.1. The van der Waals surface area contributed by atoms with Crippen molar-refractivity contribution in [3.63, 3.8) is 0 Å². The SMILES string of the molecule is CCOc1ccccc1/C=N\NC(=O)Cn1cnc2sc3c(c2c1=O)CCC(C)C3. The maximum Gasteiger partial charge on any atom is 0.262 e. The molecule has 0 aliphatic heterocycles. The molecule has 0 radical (unpaired) electrons. The number of aryl methyl sites for hydroxylation is 1. The van der Waals surface area contributed by atoms with E-state index < -0.39 is 0 Å². The highest BCUT2D eigenvalue weighted by Crippen LogP contribution is 2.35. The summed E-state index contributed by atoms with van der Waals surface area (Å²) in [5.41, 5.74) is 4.20. The monoisotopic (exact) mass is 424 g/mol. The van der Waals surface area contributed by atoms with Crippen molar-refractivity contribution in [2.75, 3.05) is 6.61 Å². The highest BCUT2D eigenvalue weighted by molar-refractivity contribution is 7.18. The first kappa shape index (κ1) is 20.3. The van der Waals surface area contributed by atoms with Crippen molar-refractivity contribution in [3.8, 4) is 5.75 Å². The number of thiophene rings is 1. The van der Waals surface area contributed by atoms with E-state index in [1.54, 1.807) is 11.3 Å². The second-order valence-corrected chi connectivity index (χ2v) is 8.56. The number of aromatic nitrogens is 2. The zero-order valence-corrected chi connectivity index (χ0v) is 17.9. The summed E-state index contributed by atoms with van der Waals surface area (Å²) < 4.78 is 6.89. The van der Waals surface area contributed by atoms with Gasteiger partial charge in [0.05, 0.1) is 24.5 Å². The molecule has 8 heteroatoms. The molecule has 156 valence electrons. The van der Waals surface area contributed by atoms with Crippen LogP contribution in [0.15, 0.2) is 40.5 Å². The Bertz CT molecular complexity index is 1160. The van der Waals surface area contributed by atoms with Gasteiger partial charge >= 0.3 is 0 Å². The largest absolute Gasteiger partial charge is 0.493 e. The van der Waals surface area contributed by atoms with Crippen molar-refractivity contribution >= 4 is 33.7 Å². The minimum atomic E-state index is -0.388. The van der Waals surface area contributed by atoms with E-state index in [1.165, 1.54) is 22.0 Å². The van der Waals surface area contributed by atoms with Crippen LogP contribution >= 0.6 is 11.3 Å². The van der Waals surface area contributed by atoms with Gasteiger partial charge in [-0.05, 0) is 49.8 Å². The Kier molecular flexibility index (Phi) is 5.94. The molecule has 0 fully saturated rings. The van der Waals surface area contributed by atoms with Crippen LogP contribution in [0.25, 0.3) is 10.2 Å². The number of para-hydroxylation sites is 1. The number of carbonyl (C=O) groups is 1. The van der Waals surface area contributed by atoms with Crippen LogP contribution in [-0.4, -0.2) is 28.3 Å². The second-order valence-electron chi connectivity index (χ2n) is 7.47. The smallest absolute Gasteiger partial charge is 0.262 e. The van der Waals surface area contributed by atoms with Gasteiger partial charge < -0.3 is 4.74 Å². The Morgan fingerprint density at radius 1 is 1.43 bits per heavy atom. The summed E-state index contributed by atoms with van der Waals surface area (Å²) in [6, 6.07) is 7.44. The number of ether oxygens (including phenoxy) is 1. The van der Waals surface area contributed by atoms with Gasteiger partial charge in [-0.1, -0.05) is 19.1 Å². The van der Waals surface area contributed by atoms with Crippen molar-refractivity contribution in [3.05, 3.63) is 57.0 Å². The average molecular weight is 425 g/mol. The predicted octanol–water partition coefficient (Wildman–Crippen LogP) is 3.13. The molecule has 3 aromatic rings. The van der Waals surface area contributed by atoms with Crippen molar-refractivity contribution in [1.82, 2.24) is 15.0 Å². The molecule has 1 amide bonds. The molecule has 1 aliphatic carbocycles. The van der Waals surface area contributed by atoms with E-state index in [1.807, 2.05) is 31.2 Å². The molecule has 2 heterocycles. The summed E-state index contributed by atoms with van der Waals surface area (Å²) in [7, 11) is 0. The standard InChI is InChI=1S/C22H24N4O3S/c1-3-29-17-7-5-4-6-15(17)11-24-25-19(27)12-26-13-23-21-20(22(26)28)16-9-8-14(2)10-18(16)30-21/h4-7,11,13-14H,3,8-10,12H2,1-2H3,(H,25,27)/b24-11-. The number of nitrogens with one attached hydrogen (secondary N) is 1. The Morgan fingerprint density at radius 2 is 2.27 bits per heavy atom. The third-order valence-corrected chi connectivity index (χ3v) is 6.37. The van der Waals surface area contributed by atoms with Crippen LogP contribution in [0, 0.1) is 5.92 Å². The van der Waals surface area contributed by atoms with Gasteiger partial charge in [0, 0.05) is 10.4 Å². The molecular weight excluding hydrogens is 400 g/mol. The Balaban J connectivity index is 1.49.